The zero-order valence-electron chi connectivity index (χ0n) is 6.17. The number of nitrogens with two attached hydrogens (primary N) is 1. The maximum Gasteiger partial charge on any atom is 0.0401 e. The molecule has 0 bridgehead atoms. The van der Waals surface area contributed by atoms with Crippen molar-refractivity contribution in [1.82, 2.24) is 5.32 Å². The molecule has 0 radical (unpaired) electrons. The fraction of sp³-hybridized carbons (Fsp3) is 0.111. The SMILES string of the molecule is Nc1ccc2c(c1)C=CNC2. The molecule has 56 valence electrons. The van der Waals surface area contributed by atoms with Crippen molar-refractivity contribution in [3.05, 3.63) is 35.5 Å². The first kappa shape index (κ1) is 6.28. The molecule has 0 unspecified atom stereocenters. The number of nitrogens with one attached hydrogen (secondary N) is 1. The summed E-state index contributed by atoms with van der Waals surface area (Å²) in [5, 5.41) is 3.14. The molecule has 2 heteroatoms. The van der Waals surface area contributed by atoms with Crippen molar-refractivity contribution in [2.24, 2.45) is 0 Å². The van der Waals surface area contributed by atoms with Crippen molar-refractivity contribution < 1.29 is 0 Å². The van der Waals surface area contributed by atoms with Crippen molar-refractivity contribution in [3.8, 4) is 0 Å². The normalized spacial score (nSPS) is 13.8. The predicted octanol–water partition coefficient (Wildman–Crippen LogP) is 1.34. The van der Waals surface area contributed by atoms with Crippen LogP contribution in [-0.4, -0.2) is 0 Å². The molecule has 0 atom stereocenters. The van der Waals surface area contributed by atoms with Gasteiger partial charge in [0.15, 0.2) is 0 Å². The van der Waals surface area contributed by atoms with E-state index in [1.165, 1.54) is 11.1 Å². The molecule has 2 rings (SSSR count). The van der Waals surface area contributed by atoms with E-state index in [1.807, 2.05) is 24.4 Å². The van der Waals surface area contributed by atoms with Crippen molar-refractivity contribution in [2.75, 3.05) is 5.73 Å². The van der Waals surface area contributed by atoms with E-state index < -0.39 is 0 Å². The number of benzene rings is 1. The number of rotatable bonds is 0. The van der Waals surface area contributed by atoms with Crippen molar-refractivity contribution in [1.29, 1.82) is 0 Å². The average molecular weight is 146 g/mol. The van der Waals surface area contributed by atoms with E-state index in [0.29, 0.717) is 0 Å². The van der Waals surface area contributed by atoms with Crippen molar-refractivity contribution in [2.45, 2.75) is 6.54 Å². The first-order valence-corrected chi connectivity index (χ1v) is 3.64. The van der Waals surface area contributed by atoms with Gasteiger partial charge in [0.05, 0.1) is 0 Å². The van der Waals surface area contributed by atoms with Gasteiger partial charge >= 0.3 is 0 Å². The van der Waals surface area contributed by atoms with Crippen LogP contribution in [0.25, 0.3) is 6.08 Å². The summed E-state index contributed by atoms with van der Waals surface area (Å²) in [6, 6.07) is 5.98. The highest BCUT2D eigenvalue weighted by molar-refractivity contribution is 5.60. The number of anilines is 1. The Morgan fingerprint density at radius 1 is 1.36 bits per heavy atom. The van der Waals surface area contributed by atoms with Gasteiger partial charge in [0.25, 0.3) is 0 Å². The Kier molecular flexibility index (Phi) is 1.32. The summed E-state index contributed by atoms with van der Waals surface area (Å²) >= 11 is 0. The third-order valence-electron chi connectivity index (χ3n) is 1.84. The van der Waals surface area contributed by atoms with Crippen LogP contribution in [-0.2, 0) is 6.54 Å². The molecule has 11 heavy (non-hydrogen) atoms. The molecule has 1 aliphatic rings. The van der Waals surface area contributed by atoms with Gasteiger partial charge in [0, 0.05) is 12.2 Å². The van der Waals surface area contributed by atoms with Crippen LogP contribution in [0.1, 0.15) is 11.1 Å². The second-order valence-corrected chi connectivity index (χ2v) is 2.67. The quantitative estimate of drug-likeness (QED) is 0.542. The fourth-order valence-corrected chi connectivity index (χ4v) is 1.25. The van der Waals surface area contributed by atoms with Crippen LogP contribution < -0.4 is 11.1 Å². The van der Waals surface area contributed by atoms with Crippen LogP contribution in [0.4, 0.5) is 5.69 Å². The minimum Gasteiger partial charge on any atom is -0.399 e. The molecule has 1 aromatic rings. The maximum atomic E-state index is 5.63. The van der Waals surface area contributed by atoms with Crippen LogP contribution in [0, 0.1) is 0 Å². The molecule has 1 heterocycles. The van der Waals surface area contributed by atoms with Gasteiger partial charge in [-0.05, 0) is 35.5 Å². The second kappa shape index (κ2) is 2.31. The van der Waals surface area contributed by atoms with E-state index in [0.717, 1.165) is 12.2 Å². The van der Waals surface area contributed by atoms with Crippen LogP contribution >= 0.6 is 0 Å². The van der Waals surface area contributed by atoms with Crippen LogP contribution in [0.3, 0.4) is 0 Å². The fourth-order valence-electron chi connectivity index (χ4n) is 1.25. The van der Waals surface area contributed by atoms with Crippen LogP contribution in [0.2, 0.25) is 0 Å². The lowest BCUT2D eigenvalue weighted by molar-refractivity contribution is 0.859. The zero-order chi connectivity index (χ0) is 7.68. The molecule has 0 aromatic heterocycles. The molecular weight excluding hydrogens is 136 g/mol. The number of nitrogen functional groups attached to an aromatic ring is 1. The van der Waals surface area contributed by atoms with E-state index in [4.69, 9.17) is 5.73 Å². The zero-order valence-corrected chi connectivity index (χ0v) is 6.17. The Balaban J connectivity index is 2.54. The van der Waals surface area contributed by atoms with E-state index >= 15 is 0 Å². The number of hydrogen-bond acceptors (Lipinski definition) is 2. The maximum absolute atomic E-state index is 5.63. The second-order valence-electron chi connectivity index (χ2n) is 2.67. The Labute approximate surface area is 65.7 Å². The minimum atomic E-state index is 0.829. The Morgan fingerprint density at radius 2 is 2.27 bits per heavy atom. The van der Waals surface area contributed by atoms with E-state index in [2.05, 4.69) is 11.4 Å². The minimum absolute atomic E-state index is 0.829. The molecule has 1 aromatic carbocycles. The standard InChI is InChI=1S/C9H10N2/c10-9-2-1-8-6-11-4-3-7(8)5-9/h1-5,11H,6,10H2. The Hall–Kier alpha value is -1.44. The van der Waals surface area contributed by atoms with Crippen LogP contribution in [0.5, 0.6) is 0 Å². The van der Waals surface area contributed by atoms with E-state index in [9.17, 15) is 0 Å². The van der Waals surface area contributed by atoms with E-state index in [-0.39, 0.29) is 0 Å². The Morgan fingerprint density at radius 3 is 3.18 bits per heavy atom. The lowest BCUT2D eigenvalue weighted by atomic mass is 10.0. The lowest BCUT2D eigenvalue weighted by Gasteiger charge is -2.11. The van der Waals surface area contributed by atoms with Gasteiger partial charge in [0.1, 0.15) is 0 Å². The molecular formula is C9H10N2. The largest absolute Gasteiger partial charge is 0.399 e. The van der Waals surface area contributed by atoms with Gasteiger partial charge in [-0.25, -0.2) is 0 Å². The summed E-state index contributed by atoms with van der Waals surface area (Å²) in [5.41, 5.74) is 8.99. The van der Waals surface area contributed by atoms with Crippen molar-refractivity contribution in [3.63, 3.8) is 0 Å². The number of hydrogen-bond donors (Lipinski definition) is 2. The molecule has 0 saturated heterocycles. The monoisotopic (exact) mass is 146 g/mol. The molecule has 0 fully saturated rings. The van der Waals surface area contributed by atoms with Gasteiger partial charge in [-0.1, -0.05) is 6.07 Å². The summed E-state index contributed by atoms with van der Waals surface area (Å²) in [4.78, 5) is 0. The molecule has 1 aliphatic heterocycles. The van der Waals surface area contributed by atoms with Gasteiger partial charge in [-0.15, -0.1) is 0 Å². The average Bonchev–Trinajstić information content (AvgIpc) is 2.04. The predicted molar refractivity (Wildman–Crippen MR) is 46.7 cm³/mol. The van der Waals surface area contributed by atoms with Gasteiger partial charge in [0.2, 0.25) is 0 Å². The van der Waals surface area contributed by atoms with Crippen LogP contribution in [0.15, 0.2) is 24.4 Å². The van der Waals surface area contributed by atoms with Gasteiger partial charge in [-0.2, -0.15) is 0 Å². The summed E-state index contributed by atoms with van der Waals surface area (Å²) in [6.07, 6.45) is 3.98. The van der Waals surface area contributed by atoms with Gasteiger partial charge < -0.3 is 11.1 Å². The van der Waals surface area contributed by atoms with Crippen molar-refractivity contribution >= 4 is 11.8 Å². The summed E-state index contributed by atoms with van der Waals surface area (Å²) < 4.78 is 0. The lowest BCUT2D eigenvalue weighted by Crippen LogP contribution is -2.10. The molecule has 3 N–H and O–H groups in total. The number of fused-ring (bicyclic) bond motifs is 1. The van der Waals surface area contributed by atoms with Gasteiger partial charge in [-0.3, -0.25) is 0 Å². The summed E-state index contributed by atoms with van der Waals surface area (Å²) in [5.74, 6) is 0. The first-order chi connectivity index (χ1) is 5.36. The molecule has 0 amide bonds. The Bertz CT molecular complexity index is 302. The highest BCUT2D eigenvalue weighted by Gasteiger charge is 2.01. The summed E-state index contributed by atoms with van der Waals surface area (Å²) in [6.45, 7) is 0.909. The first-order valence-electron chi connectivity index (χ1n) is 3.64. The molecule has 0 spiro atoms. The molecule has 2 nitrogen and oxygen atoms in total. The topological polar surface area (TPSA) is 38.0 Å². The third-order valence-corrected chi connectivity index (χ3v) is 1.84. The van der Waals surface area contributed by atoms with E-state index in [1.54, 1.807) is 0 Å². The smallest absolute Gasteiger partial charge is 0.0401 e. The molecule has 0 aliphatic carbocycles. The highest BCUT2D eigenvalue weighted by atomic mass is 14.8. The third kappa shape index (κ3) is 1.07. The molecule has 0 saturated carbocycles. The highest BCUT2D eigenvalue weighted by Crippen LogP contribution is 2.17. The summed E-state index contributed by atoms with van der Waals surface area (Å²) in [7, 11) is 0.